The first kappa shape index (κ1) is 41.3. The van der Waals surface area contributed by atoms with Gasteiger partial charge in [0.1, 0.15) is 6.04 Å². The number of aromatic amines is 2. The number of carbonyl (C=O) groups is 3. The van der Waals surface area contributed by atoms with Crippen LogP contribution in [0.15, 0.2) is 65.5 Å². The van der Waals surface area contributed by atoms with E-state index in [-0.39, 0.29) is 35.6 Å². The molecule has 4 aromatic rings. The first-order valence-electron chi connectivity index (χ1n) is 19.0. The molecular formula is C41H54N6O8. The third-order valence-corrected chi connectivity index (χ3v) is 9.93. The predicted molar refractivity (Wildman–Crippen MR) is 211 cm³/mol. The van der Waals surface area contributed by atoms with Gasteiger partial charge < -0.3 is 40.6 Å². The van der Waals surface area contributed by atoms with Crippen LogP contribution in [0, 0.1) is 18.8 Å². The van der Waals surface area contributed by atoms with Gasteiger partial charge in [-0.1, -0.05) is 30.3 Å². The van der Waals surface area contributed by atoms with Crippen LogP contribution < -0.4 is 27.2 Å². The SMILES string of the molecule is COCCOCCOCCOCCNC(=O)c1ccc(-c2ccc(CC(NC(=O)C3CCC(CN)CC3)C(=O)Nc3ccc4c(=O)[nH][nH]c4c3)cc2)c(C)c1. The fourth-order valence-corrected chi connectivity index (χ4v) is 6.71. The van der Waals surface area contributed by atoms with Gasteiger partial charge in [-0.25, -0.2) is 0 Å². The number of H-pyrrole nitrogens is 2. The normalized spacial score (nSPS) is 16.1. The Kier molecular flexibility index (Phi) is 16.0. The topological polar surface area (TPSA) is 199 Å². The zero-order valence-electron chi connectivity index (χ0n) is 31.7. The van der Waals surface area contributed by atoms with Gasteiger partial charge in [0.25, 0.3) is 11.5 Å². The molecule has 0 spiro atoms. The summed E-state index contributed by atoms with van der Waals surface area (Å²) < 4.78 is 21.3. The van der Waals surface area contributed by atoms with E-state index < -0.39 is 6.04 Å². The first-order valence-corrected chi connectivity index (χ1v) is 19.0. The summed E-state index contributed by atoms with van der Waals surface area (Å²) >= 11 is 0. The minimum Gasteiger partial charge on any atom is -0.382 e. The largest absolute Gasteiger partial charge is 0.382 e. The summed E-state index contributed by atoms with van der Waals surface area (Å²) in [5, 5.41) is 14.7. The van der Waals surface area contributed by atoms with Crippen LogP contribution in [-0.2, 0) is 35.0 Å². The van der Waals surface area contributed by atoms with Crippen LogP contribution >= 0.6 is 0 Å². The number of benzene rings is 3. The van der Waals surface area contributed by atoms with E-state index in [1.807, 2.05) is 43.3 Å². The number of carbonyl (C=O) groups excluding carboxylic acids is 3. The second kappa shape index (κ2) is 21.3. The van der Waals surface area contributed by atoms with E-state index in [0.29, 0.717) is 87.4 Å². The molecule has 14 heteroatoms. The highest BCUT2D eigenvalue weighted by Crippen LogP contribution is 2.29. The Hall–Kier alpha value is -4.86. The molecule has 5 rings (SSSR count). The molecule has 7 N–H and O–H groups in total. The van der Waals surface area contributed by atoms with Crippen molar-refractivity contribution >= 4 is 34.3 Å². The molecule has 0 bridgehead atoms. The Labute approximate surface area is 321 Å². The summed E-state index contributed by atoms with van der Waals surface area (Å²) in [6.45, 7) is 6.28. The second-order valence-corrected chi connectivity index (χ2v) is 13.9. The molecule has 1 fully saturated rings. The molecule has 1 aromatic heterocycles. The van der Waals surface area contributed by atoms with Gasteiger partial charge in [-0.2, -0.15) is 0 Å². The van der Waals surface area contributed by atoms with Crippen LogP contribution in [0.1, 0.15) is 47.2 Å². The predicted octanol–water partition coefficient (Wildman–Crippen LogP) is 3.69. The molecular weight excluding hydrogens is 704 g/mol. The summed E-state index contributed by atoms with van der Waals surface area (Å²) in [6.07, 6.45) is 3.55. The Morgan fingerprint density at radius 1 is 0.836 bits per heavy atom. The van der Waals surface area contributed by atoms with Crippen molar-refractivity contribution < 1.29 is 33.3 Å². The van der Waals surface area contributed by atoms with Crippen molar-refractivity contribution in [2.45, 2.75) is 45.1 Å². The summed E-state index contributed by atoms with van der Waals surface area (Å²) in [6, 6.07) is 17.6. The lowest BCUT2D eigenvalue weighted by atomic mass is 9.81. The number of nitrogens with two attached hydrogens (primary N) is 1. The van der Waals surface area contributed by atoms with E-state index in [1.54, 1.807) is 31.4 Å². The highest BCUT2D eigenvalue weighted by molar-refractivity contribution is 5.99. The Morgan fingerprint density at radius 3 is 2.20 bits per heavy atom. The van der Waals surface area contributed by atoms with Crippen molar-refractivity contribution in [1.82, 2.24) is 20.8 Å². The van der Waals surface area contributed by atoms with Gasteiger partial charge in [0.05, 0.1) is 57.2 Å². The number of ether oxygens (including phenoxy) is 4. The highest BCUT2D eigenvalue weighted by Gasteiger charge is 2.29. The quantitative estimate of drug-likeness (QED) is 0.0687. The number of rotatable bonds is 21. The number of nitrogens with one attached hydrogen (secondary N) is 5. The molecule has 14 nitrogen and oxygen atoms in total. The van der Waals surface area contributed by atoms with Crippen LogP contribution in [-0.4, -0.2) is 100 Å². The Bertz CT molecular complexity index is 1900. The minimum absolute atomic E-state index is 0.133. The van der Waals surface area contributed by atoms with E-state index >= 15 is 0 Å². The van der Waals surface area contributed by atoms with E-state index in [1.165, 1.54) is 0 Å². The van der Waals surface area contributed by atoms with E-state index in [2.05, 4.69) is 26.1 Å². The highest BCUT2D eigenvalue weighted by atomic mass is 16.6. The first-order chi connectivity index (χ1) is 26.7. The maximum absolute atomic E-state index is 13.7. The molecule has 0 radical (unpaired) electrons. The van der Waals surface area contributed by atoms with Crippen molar-refractivity contribution in [3.05, 3.63) is 87.7 Å². The zero-order chi connectivity index (χ0) is 39.0. The van der Waals surface area contributed by atoms with E-state index in [0.717, 1.165) is 47.9 Å². The molecule has 296 valence electrons. The van der Waals surface area contributed by atoms with Crippen LogP contribution in [0.3, 0.4) is 0 Å². The molecule has 55 heavy (non-hydrogen) atoms. The van der Waals surface area contributed by atoms with Crippen molar-refractivity contribution in [2.75, 3.05) is 71.8 Å². The van der Waals surface area contributed by atoms with Crippen LogP contribution in [0.5, 0.6) is 0 Å². The minimum atomic E-state index is -0.832. The number of aryl methyl sites for hydroxylation is 1. The van der Waals surface area contributed by atoms with Crippen molar-refractivity contribution in [1.29, 1.82) is 0 Å². The molecule has 0 saturated heterocycles. The molecule has 1 heterocycles. The number of fused-ring (bicyclic) bond motifs is 1. The molecule has 1 atom stereocenters. The van der Waals surface area contributed by atoms with E-state index in [4.69, 9.17) is 24.7 Å². The number of hydrogen-bond acceptors (Lipinski definition) is 9. The van der Waals surface area contributed by atoms with Crippen LogP contribution in [0.4, 0.5) is 5.69 Å². The standard InChI is InChI=1S/C41H54N6O8/c1-27-23-32(38(48)43-15-16-53-19-20-55-22-21-54-18-17-52-2)11-13-34(27)30-7-3-28(4-8-30)24-37(45-39(49)31-9-5-29(26-42)6-10-31)41(51)44-33-12-14-35-36(25-33)46-47-40(35)50/h3-4,7-8,11-14,23,25,29,31,37H,5-6,9-10,15-22,24,26,42H2,1-2H3,(H,43,48)(H,44,51)(H,45,49)(H2,46,47,50). The lowest BCUT2D eigenvalue weighted by Crippen LogP contribution is -2.48. The molecule has 3 amide bonds. The number of amides is 3. The number of anilines is 1. The van der Waals surface area contributed by atoms with Gasteiger partial charge in [-0.3, -0.25) is 29.4 Å². The van der Waals surface area contributed by atoms with E-state index in [9.17, 15) is 19.2 Å². The van der Waals surface area contributed by atoms with Gasteiger partial charge in [-0.05, 0) is 97.7 Å². The number of methoxy groups -OCH3 is 1. The van der Waals surface area contributed by atoms with Crippen LogP contribution in [0.25, 0.3) is 22.0 Å². The lowest BCUT2D eigenvalue weighted by Gasteiger charge is -2.28. The molecule has 3 aromatic carbocycles. The molecule has 1 aliphatic rings. The summed E-state index contributed by atoms with van der Waals surface area (Å²) in [4.78, 5) is 51.9. The summed E-state index contributed by atoms with van der Waals surface area (Å²) in [5.74, 6) is -0.412. The number of aromatic nitrogens is 2. The maximum atomic E-state index is 13.7. The Balaban J connectivity index is 1.14. The molecule has 1 unspecified atom stereocenters. The smallest absolute Gasteiger partial charge is 0.271 e. The summed E-state index contributed by atoms with van der Waals surface area (Å²) in [7, 11) is 1.63. The zero-order valence-corrected chi connectivity index (χ0v) is 31.7. The van der Waals surface area contributed by atoms with Crippen molar-refractivity contribution in [3.63, 3.8) is 0 Å². The van der Waals surface area contributed by atoms with Gasteiger partial charge in [0.2, 0.25) is 11.8 Å². The van der Waals surface area contributed by atoms with Gasteiger partial charge in [0.15, 0.2) is 0 Å². The summed E-state index contributed by atoms with van der Waals surface area (Å²) in [5.41, 5.74) is 11.0. The monoisotopic (exact) mass is 758 g/mol. The van der Waals surface area contributed by atoms with Gasteiger partial charge in [-0.15, -0.1) is 0 Å². The van der Waals surface area contributed by atoms with Crippen molar-refractivity contribution in [2.24, 2.45) is 17.6 Å². The molecule has 0 aliphatic heterocycles. The molecule has 1 aliphatic carbocycles. The fraction of sp³-hybridized carbons (Fsp3) is 0.463. The van der Waals surface area contributed by atoms with Gasteiger partial charge >= 0.3 is 0 Å². The lowest BCUT2D eigenvalue weighted by molar-refractivity contribution is -0.130. The van der Waals surface area contributed by atoms with Gasteiger partial charge in [0, 0.05) is 37.2 Å². The van der Waals surface area contributed by atoms with Crippen LogP contribution in [0.2, 0.25) is 0 Å². The van der Waals surface area contributed by atoms with Crippen molar-refractivity contribution in [3.8, 4) is 11.1 Å². The third kappa shape index (κ3) is 12.3. The average molecular weight is 759 g/mol. The maximum Gasteiger partial charge on any atom is 0.271 e. The molecule has 1 saturated carbocycles. The fourth-order valence-electron chi connectivity index (χ4n) is 6.71. The third-order valence-electron chi connectivity index (χ3n) is 9.93. The average Bonchev–Trinajstić information content (AvgIpc) is 3.57. The second-order valence-electron chi connectivity index (χ2n) is 13.9. The number of hydrogen-bond donors (Lipinski definition) is 6. The Morgan fingerprint density at radius 2 is 1.53 bits per heavy atom.